The van der Waals surface area contributed by atoms with Crippen molar-refractivity contribution in [3.05, 3.63) is 39.9 Å². The molecule has 98 valence electrons. The predicted molar refractivity (Wildman–Crippen MR) is 61.8 cm³/mol. The maximum atomic E-state index is 12.8. The molecular weight excluding hydrogens is 243 g/mol. The summed E-state index contributed by atoms with van der Waals surface area (Å²) in [6, 6.07) is 4.53. The van der Waals surface area contributed by atoms with Gasteiger partial charge in [-0.25, -0.2) is 4.39 Å². The number of carbonyl (C=O) groups excluding carboxylic acids is 1. The van der Waals surface area contributed by atoms with Crippen LogP contribution in [-0.4, -0.2) is 31.2 Å². The highest BCUT2D eigenvalue weighted by Gasteiger charge is 2.15. The topological polar surface area (TPSA) is 81.5 Å². The van der Waals surface area contributed by atoms with E-state index in [1.807, 2.05) is 0 Å². The highest BCUT2D eigenvalue weighted by Crippen LogP contribution is 2.18. The molecule has 1 atom stereocenters. The molecule has 0 aliphatic carbocycles. The zero-order valence-corrected chi connectivity index (χ0v) is 9.76. The number of nitrogens with one attached hydrogen (secondary N) is 1. The quantitative estimate of drug-likeness (QED) is 0.615. The van der Waals surface area contributed by atoms with E-state index in [0.29, 0.717) is 5.56 Å². The van der Waals surface area contributed by atoms with Crippen LogP contribution in [0.25, 0.3) is 0 Å². The van der Waals surface area contributed by atoms with Crippen LogP contribution in [0, 0.1) is 10.1 Å². The summed E-state index contributed by atoms with van der Waals surface area (Å²) in [7, 11) is 1.36. The number of non-ortho nitro benzene ring substituents is 1. The van der Waals surface area contributed by atoms with Crippen LogP contribution in [0.1, 0.15) is 11.6 Å². The second kappa shape index (κ2) is 6.65. The molecule has 0 aliphatic rings. The fourth-order valence-corrected chi connectivity index (χ4v) is 1.41. The van der Waals surface area contributed by atoms with Crippen LogP contribution in [0.4, 0.5) is 10.1 Å². The summed E-state index contributed by atoms with van der Waals surface area (Å²) in [4.78, 5) is 21.2. The molecule has 0 saturated heterocycles. The molecular formula is C11H13FN2O4. The van der Waals surface area contributed by atoms with Crippen molar-refractivity contribution in [1.82, 2.24) is 5.32 Å². The fourth-order valence-electron chi connectivity index (χ4n) is 1.41. The Morgan fingerprint density at radius 3 is 2.56 bits per heavy atom. The van der Waals surface area contributed by atoms with Gasteiger partial charge in [0.15, 0.2) is 0 Å². The van der Waals surface area contributed by atoms with Crippen LogP contribution in [0.3, 0.4) is 0 Å². The Bertz CT molecular complexity index is 422. The van der Waals surface area contributed by atoms with Gasteiger partial charge < -0.3 is 10.1 Å². The number of hydrogen-bond donors (Lipinski definition) is 1. The molecule has 0 unspecified atom stereocenters. The maximum absolute atomic E-state index is 12.8. The number of hydrogen-bond acceptors (Lipinski definition) is 4. The first-order valence-corrected chi connectivity index (χ1v) is 5.17. The molecule has 6 nitrogen and oxygen atoms in total. The van der Waals surface area contributed by atoms with Crippen LogP contribution in [-0.2, 0) is 9.53 Å². The SMILES string of the molecule is COCC(=O)N[C@H](CF)c1ccc([N+](=O)[O-])cc1. The molecule has 0 saturated carbocycles. The lowest BCUT2D eigenvalue weighted by Gasteiger charge is -2.15. The molecule has 0 aromatic heterocycles. The molecule has 1 aromatic rings. The third kappa shape index (κ3) is 3.77. The maximum Gasteiger partial charge on any atom is 0.269 e. The summed E-state index contributed by atoms with van der Waals surface area (Å²) >= 11 is 0. The molecule has 7 heteroatoms. The minimum absolute atomic E-state index is 0.0837. The first kappa shape index (κ1) is 14.0. The van der Waals surface area contributed by atoms with Crippen molar-refractivity contribution in [2.45, 2.75) is 6.04 Å². The molecule has 0 aliphatic heterocycles. The van der Waals surface area contributed by atoms with Gasteiger partial charge in [0.1, 0.15) is 13.3 Å². The fraction of sp³-hybridized carbons (Fsp3) is 0.364. The first-order chi connectivity index (χ1) is 8.58. The third-order valence-corrected chi connectivity index (χ3v) is 2.27. The lowest BCUT2D eigenvalue weighted by molar-refractivity contribution is -0.384. The van der Waals surface area contributed by atoms with Crippen LogP contribution < -0.4 is 5.32 Å². The average molecular weight is 256 g/mol. The van der Waals surface area contributed by atoms with Crippen molar-refractivity contribution in [3.8, 4) is 0 Å². The number of nitrogens with zero attached hydrogens (tertiary/aromatic N) is 1. The van der Waals surface area contributed by atoms with E-state index in [1.165, 1.54) is 31.4 Å². The number of ether oxygens (including phenoxy) is 1. The van der Waals surface area contributed by atoms with E-state index in [2.05, 4.69) is 10.1 Å². The highest BCUT2D eigenvalue weighted by atomic mass is 19.1. The monoisotopic (exact) mass is 256 g/mol. The van der Waals surface area contributed by atoms with Crippen molar-refractivity contribution in [1.29, 1.82) is 0 Å². The van der Waals surface area contributed by atoms with Crippen molar-refractivity contribution >= 4 is 11.6 Å². The second-order valence-electron chi connectivity index (χ2n) is 3.56. The van der Waals surface area contributed by atoms with Gasteiger partial charge in [0.2, 0.25) is 5.91 Å². The molecule has 18 heavy (non-hydrogen) atoms. The minimum Gasteiger partial charge on any atom is -0.375 e. The van der Waals surface area contributed by atoms with Gasteiger partial charge in [-0.1, -0.05) is 12.1 Å². The summed E-state index contributed by atoms with van der Waals surface area (Å²) in [6.45, 7) is -0.962. The third-order valence-electron chi connectivity index (χ3n) is 2.27. The molecule has 0 bridgehead atoms. The van der Waals surface area contributed by atoms with Gasteiger partial charge in [-0.3, -0.25) is 14.9 Å². The van der Waals surface area contributed by atoms with Crippen molar-refractivity contribution in [3.63, 3.8) is 0 Å². The number of alkyl halides is 1. The van der Waals surface area contributed by atoms with E-state index in [-0.39, 0.29) is 12.3 Å². The zero-order valence-electron chi connectivity index (χ0n) is 9.76. The minimum atomic E-state index is -0.826. The van der Waals surface area contributed by atoms with E-state index < -0.39 is 23.5 Å². The lowest BCUT2D eigenvalue weighted by Crippen LogP contribution is -2.32. The Labute approximate surface area is 103 Å². The van der Waals surface area contributed by atoms with Gasteiger partial charge in [0, 0.05) is 19.2 Å². The molecule has 1 N–H and O–H groups in total. The molecule has 0 heterocycles. The van der Waals surface area contributed by atoms with E-state index in [9.17, 15) is 19.3 Å². The Morgan fingerprint density at radius 2 is 2.11 bits per heavy atom. The Morgan fingerprint density at radius 1 is 1.50 bits per heavy atom. The van der Waals surface area contributed by atoms with E-state index in [1.54, 1.807) is 0 Å². The predicted octanol–water partition coefficient (Wildman–Crippen LogP) is 1.37. The summed E-state index contributed by atoms with van der Waals surface area (Å²) in [5, 5.41) is 12.9. The van der Waals surface area contributed by atoms with Gasteiger partial charge in [-0.15, -0.1) is 0 Å². The summed E-state index contributed by atoms with van der Waals surface area (Å²) in [6.07, 6.45) is 0. The standard InChI is InChI=1S/C11H13FN2O4/c1-18-7-11(15)13-10(6-12)8-2-4-9(5-3-8)14(16)17/h2-5,10H,6-7H2,1H3,(H,13,15)/t10-/m1/s1. The molecule has 0 radical (unpaired) electrons. The second-order valence-corrected chi connectivity index (χ2v) is 3.56. The Kier molecular flexibility index (Phi) is 5.19. The van der Waals surface area contributed by atoms with E-state index in [4.69, 9.17) is 0 Å². The number of rotatable bonds is 6. The van der Waals surface area contributed by atoms with Gasteiger partial charge in [-0.05, 0) is 5.56 Å². The number of nitro benzene ring substituents is 1. The van der Waals surface area contributed by atoms with Gasteiger partial charge >= 0.3 is 0 Å². The number of amides is 1. The smallest absolute Gasteiger partial charge is 0.269 e. The number of carbonyl (C=O) groups is 1. The molecule has 1 rings (SSSR count). The van der Waals surface area contributed by atoms with Crippen LogP contribution in [0.5, 0.6) is 0 Å². The number of nitro groups is 1. The highest BCUT2D eigenvalue weighted by molar-refractivity contribution is 5.77. The molecule has 0 spiro atoms. The van der Waals surface area contributed by atoms with Crippen molar-refractivity contribution in [2.24, 2.45) is 0 Å². The normalized spacial score (nSPS) is 11.9. The van der Waals surface area contributed by atoms with E-state index in [0.717, 1.165) is 0 Å². The average Bonchev–Trinajstić information content (AvgIpc) is 2.36. The lowest BCUT2D eigenvalue weighted by atomic mass is 10.1. The van der Waals surface area contributed by atoms with Crippen molar-refractivity contribution in [2.75, 3.05) is 20.4 Å². The zero-order chi connectivity index (χ0) is 13.5. The molecule has 1 aromatic carbocycles. The Balaban J connectivity index is 2.76. The van der Waals surface area contributed by atoms with Crippen LogP contribution in [0.15, 0.2) is 24.3 Å². The largest absolute Gasteiger partial charge is 0.375 e. The number of benzene rings is 1. The van der Waals surface area contributed by atoms with Crippen molar-refractivity contribution < 1.29 is 18.8 Å². The van der Waals surface area contributed by atoms with Crippen LogP contribution in [0.2, 0.25) is 0 Å². The first-order valence-electron chi connectivity index (χ1n) is 5.17. The number of halogens is 1. The summed E-state index contributed by atoms with van der Waals surface area (Å²) < 4.78 is 17.4. The molecule has 1 amide bonds. The van der Waals surface area contributed by atoms with E-state index >= 15 is 0 Å². The van der Waals surface area contributed by atoms with Gasteiger partial charge in [-0.2, -0.15) is 0 Å². The van der Waals surface area contributed by atoms with Gasteiger partial charge in [0.05, 0.1) is 11.0 Å². The molecule has 0 fully saturated rings. The van der Waals surface area contributed by atoms with Crippen LogP contribution >= 0.6 is 0 Å². The summed E-state index contributed by atoms with van der Waals surface area (Å²) in [5.74, 6) is -0.446. The summed E-state index contributed by atoms with van der Waals surface area (Å²) in [5.41, 5.74) is 0.382. The Hall–Kier alpha value is -2.02. The van der Waals surface area contributed by atoms with Gasteiger partial charge in [0.25, 0.3) is 5.69 Å². The number of methoxy groups -OCH3 is 1.